The molecule has 0 aliphatic carbocycles. The van der Waals surface area contributed by atoms with Gasteiger partial charge in [0.25, 0.3) is 0 Å². The number of aryl methyl sites for hydroxylation is 1. The van der Waals surface area contributed by atoms with E-state index in [-0.39, 0.29) is 0 Å². The van der Waals surface area contributed by atoms with E-state index in [2.05, 4.69) is 42.2 Å². The Morgan fingerprint density at radius 2 is 2.18 bits per heavy atom. The summed E-state index contributed by atoms with van der Waals surface area (Å²) in [4.78, 5) is 0. The van der Waals surface area contributed by atoms with Crippen molar-refractivity contribution in [3.8, 4) is 0 Å². The van der Waals surface area contributed by atoms with Crippen molar-refractivity contribution in [2.24, 2.45) is 5.92 Å². The van der Waals surface area contributed by atoms with Crippen molar-refractivity contribution >= 4 is 0 Å². The summed E-state index contributed by atoms with van der Waals surface area (Å²) < 4.78 is 7.31. The number of nitrogens with one attached hydrogen (secondary N) is 1. The van der Waals surface area contributed by atoms with Gasteiger partial charge in [-0.05, 0) is 36.9 Å². The number of ether oxygens (including phenoxy) is 1. The quantitative estimate of drug-likeness (QED) is 0.669. The summed E-state index contributed by atoms with van der Waals surface area (Å²) in [7, 11) is 1.76. The number of hydrogen-bond donors (Lipinski definition) is 1. The highest BCUT2D eigenvalue weighted by Gasteiger charge is 1.98. The largest absolute Gasteiger partial charge is 0.385 e. The molecule has 0 spiro atoms. The first-order chi connectivity index (χ1) is 8.22. The lowest BCUT2D eigenvalue weighted by atomic mass is 10.2. The number of methoxy groups -OCH3 is 1. The van der Waals surface area contributed by atoms with E-state index in [1.165, 1.54) is 12.0 Å². The molecule has 0 saturated carbocycles. The highest BCUT2D eigenvalue weighted by molar-refractivity contribution is 5.09. The third-order valence-electron chi connectivity index (χ3n) is 2.71. The molecule has 0 aromatic carbocycles. The Morgan fingerprint density at radius 3 is 2.88 bits per heavy atom. The van der Waals surface area contributed by atoms with E-state index < -0.39 is 0 Å². The molecule has 1 aromatic heterocycles. The van der Waals surface area contributed by atoms with E-state index >= 15 is 0 Å². The fraction of sp³-hybridized carbons (Fsp3) is 0.714. The van der Waals surface area contributed by atoms with Gasteiger partial charge in [0, 0.05) is 39.2 Å². The molecule has 0 unspecified atom stereocenters. The van der Waals surface area contributed by atoms with Crippen LogP contribution in [-0.2, 0) is 17.8 Å². The van der Waals surface area contributed by atoms with Crippen LogP contribution in [0.25, 0.3) is 0 Å². The molecule has 17 heavy (non-hydrogen) atoms. The topological polar surface area (TPSA) is 26.2 Å². The van der Waals surface area contributed by atoms with Crippen LogP contribution in [0, 0.1) is 5.92 Å². The van der Waals surface area contributed by atoms with Crippen molar-refractivity contribution < 1.29 is 4.74 Å². The SMILES string of the molecule is COCCCCn1ccc(CNCC(C)C)c1. The minimum atomic E-state index is 0.714. The molecule has 1 heterocycles. The maximum absolute atomic E-state index is 5.04. The first-order valence-corrected chi connectivity index (χ1v) is 6.56. The Kier molecular flexibility index (Phi) is 6.97. The van der Waals surface area contributed by atoms with Gasteiger partial charge in [-0.25, -0.2) is 0 Å². The zero-order valence-corrected chi connectivity index (χ0v) is 11.4. The van der Waals surface area contributed by atoms with Crippen molar-refractivity contribution in [1.29, 1.82) is 0 Å². The summed E-state index contributed by atoms with van der Waals surface area (Å²) in [5, 5.41) is 3.46. The highest BCUT2D eigenvalue weighted by Crippen LogP contribution is 2.03. The summed E-state index contributed by atoms with van der Waals surface area (Å²) in [6.45, 7) is 8.47. The maximum Gasteiger partial charge on any atom is 0.0462 e. The predicted molar refractivity (Wildman–Crippen MR) is 72.1 cm³/mol. The third-order valence-corrected chi connectivity index (χ3v) is 2.71. The van der Waals surface area contributed by atoms with Crippen molar-refractivity contribution in [2.45, 2.75) is 39.8 Å². The van der Waals surface area contributed by atoms with Crippen LogP contribution in [0.2, 0.25) is 0 Å². The average molecular weight is 238 g/mol. The summed E-state index contributed by atoms with van der Waals surface area (Å²) in [6, 6.07) is 2.20. The van der Waals surface area contributed by atoms with Crippen LogP contribution < -0.4 is 5.32 Å². The zero-order chi connectivity index (χ0) is 12.5. The Morgan fingerprint density at radius 1 is 1.35 bits per heavy atom. The van der Waals surface area contributed by atoms with Crippen molar-refractivity contribution in [2.75, 3.05) is 20.3 Å². The molecule has 1 aromatic rings. The lowest BCUT2D eigenvalue weighted by Crippen LogP contribution is -2.18. The van der Waals surface area contributed by atoms with Gasteiger partial charge in [0.05, 0.1) is 0 Å². The molecule has 0 bridgehead atoms. The molecule has 0 saturated heterocycles. The van der Waals surface area contributed by atoms with Crippen LogP contribution in [0.5, 0.6) is 0 Å². The minimum Gasteiger partial charge on any atom is -0.385 e. The van der Waals surface area contributed by atoms with Crippen LogP contribution in [0.4, 0.5) is 0 Å². The van der Waals surface area contributed by atoms with Gasteiger partial charge in [-0.15, -0.1) is 0 Å². The van der Waals surface area contributed by atoms with E-state index in [1.807, 2.05) is 0 Å². The van der Waals surface area contributed by atoms with E-state index in [0.29, 0.717) is 5.92 Å². The normalized spacial score (nSPS) is 11.3. The molecule has 3 nitrogen and oxygen atoms in total. The molecule has 0 fully saturated rings. The second-order valence-electron chi connectivity index (χ2n) is 4.98. The number of hydrogen-bond acceptors (Lipinski definition) is 2. The molecular formula is C14H26N2O. The maximum atomic E-state index is 5.04. The monoisotopic (exact) mass is 238 g/mol. The Bertz CT molecular complexity index is 294. The van der Waals surface area contributed by atoms with Crippen LogP contribution in [0.1, 0.15) is 32.3 Å². The standard InChI is InChI=1S/C14H26N2O/c1-13(2)10-15-11-14-6-8-16(12-14)7-4-5-9-17-3/h6,8,12-13,15H,4-5,7,9-11H2,1-3H3. The Hall–Kier alpha value is -0.800. The van der Waals surface area contributed by atoms with Crippen LogP contribution in [-0.4, -0.2) is 24.8 Å². The van der Waals surface area contributed by atoms with Crippen LogP contribution >= 0.6 is 0 Å². The smallest absolute Gasteiger partial charge is 0.0462 e. The Labute approximate surface area is 105 Å². The lowest BCUT2D eigenvalue weighted by molar-refractivity contribution is 0.191. The van der Waals surface area contributed by atoms with Gasteiger partial charge in [-0.3, -0.25) is 0 Å². The van der Waals surface area contributed by atoms with Crippen molar-refractivity contribution in [3.05, 3.63) is 24.0 Å². The summed E-state index contributed by atoms with van der Waals surface area (Å²) >= 11 is 0. The van der Waals surface area contributed by atoms with E-state index in [9.17, 15) is 0 Å². The van der Waals surface area contributed by atoms with Gasteiger partial charge >= 0.3 is 0 Å². The third kappa shape index (κ3) is 6.49. The predicted octanol–water partition coefficient (Wildman–Crippen LogP) is 2.66. The average Bonchev–Trinajstić information content (AvgIpc) is 2.72. The molecule has 98 valence electrons. The van der Waals surface area contributed by atoms with Crippen LogP contribution in [0.15, 0.2) is 18.5 Å². The van der Waals surface area contributed by atoms with Gasteiger partial charge in [0.15, 0.2) is 0 Å². The van der Waals surface area contributed by atoms with Gasteiger partial charge in [0.1, 0.15) is 0 Å². The highest BCUT2D eigenvalue weighted by atomic mass is 16.5. The van der Waals surface area contributed by atoms with Gasteiger partial charge in [-0.1, -0.05) is 13.8 Å². The summed E-state index contributed by atoms with van der Waals surface area (Å²) in [5.74, 6) is 0.714. The number of unbranched alkanes of at least 4 members (excludes halogenated alkanes) is 1. The first-order valence-electron chi connectivity index (χ1n) is 6.56. The van der Waals surface area contributed by atoms with E-state index in [4.69, 9.17) is 4.74 Å². The first kappa shape index (κ1) is 14.3. The van der Waals surface area contributed by atoms with Crippen molar-refractivity contribution in [3.63, 3.8) is 0 Å². The van der Waals surface area contributed by atoms with Gasteiger partial charge in [-0.2, -0.15) is 0 Å². The fourth-order valence-electron chi connectivity index (χ4n) is 1.78. The number of rotatable bonds is 9. The molecule has 3 heteroatoms. The van der Waals surface area contributed by atoms with Gasteiger partial charge in [0.2, 0.25) is 0 Å². The second-order valence-corrected chi connectivity index (χ2v) is 4.98. The molecule has 0 radical (unpaired) electrons. The zero-order valence-electron chi connectivity index (χ0n) is 11.4. The van der Waals surface area contributed by atoms with E-state index in [0.717, 1.165) is 32.7 Å². The second kappa shape index (κ2) is 8.31. The Balaban J connectivity index is 2.18. The number of nitrogens with zero attached hydrogens (tertiary/aromatic N) is 1. The molecule has 0 atom stereocenters. The number of aromatic nitrogens is 1. The molecule has 0 aliphatic rings. The molecule has 0 aliphatic heterocycles. The van der Waals surface area contributed by atoms with Crippen LogP contribution in [0.3, 0.4) is 0 Å². The lowest BCUT2D eigenvalue weighted by Gasteiger charge is -2.06. The summed E-state index contributed by atoms with van der Waals surface area (Å²) in [6.07, 6.45) is 6.72. The van der Waals surface area contributed by atoms with E-state index in [1.54, 1.807) is 7.11 Å². The molecule has 1 rings (SSSR count). The molecule has 0 amide bonds. The minimum absolute atomic E-state index is 0.714. The van der Waals surface area contributed by atoms with Gasteiger partial charge < -0.3 is 14.6 Å². The van der Waals surface area contributed by atoms with Crippen molar-refractivity contribution in [1.82, 2.24) is 9.88 Å². The fourth-order valence-corrected chi connectivity index (χ4v) is 1.78. The molecule has 1 N–H and O–H groups in total. The summed E-state index contributed by atoms with van der Waals surface area (Å²) in [5.41, 5.74) is 1.37. The molecular weight excluding hydrogens is 212 g/mol.